The number of rotatable bonds is 5. The van der Waals surface area contributed by atoms with Crippen LogP contribution in [-0.4, -0.2) is 25.1 Å². The van der Waals surface area contributed by atoms with E-state index >= 15 is 0 Å². The Morgan fingerprint density at radius 1 is 1.38 bits per heavy atom. The summed E-state index contributed by atoms with van der Waals surface area (Å²) in [4.78, 5) is 10.9. The minimum atomic E-state index is -0.835. The average Bonchev–Trinajstić information content (AvgIpc) is 2.27. The molecule has 4 nitrogen and oxygen atoms in total. The molecule has 0 spiro atoms. The van der Waals surface area contributed by atoms with Crippen LogP contribution in [0.25, 0.3) is 0 Å². The zero-order valence-electron chi connectivity index (χ0n) is 9.69. The average molecular weight is 224 g/mol. The number of carbonyl (C=O) groups excluding carboxylic acids is 1. The first kappa shape index (κ1) is 12.5. The second kappa shape index (κ2) is 5.51. The van der Waals surface area contributed by atoms with Crippen molar-refractivity contribution in [2.75, 3.05) is 14.2 Å². The van der Waals surface area contributed by atoms with Crippen LogP contribution in [0.4, 0.5) is 0 Å². The fourth-order valence-corrected chi connectivity index (χ4v) is 1.48. The molecule has 16 heavy (non-hydrogen) atoms. The van der Waals surface area contributed by atoms with Crippen molar-refractivity contribution >= 4 is 5.78 Å². The van der Waals surface area contributed by atoms with Gasteiger partial charge in [0.15, 0.2) is 0 Å². The van der Waals surface area contributed by atoms with Crippen LogP contribution in [0.15, 0.2) is 18.2 Å². The van der Waals surface area contributed by atoms with Gasteiger partial charge in [-0.05, 0) is 19.1 Å². The third-order valence-electron chi connectivity index (χ3n) is 2.28. The predicted molar refractivity (Wildman–Crippen MR) is 59.8 cm³/mol. The van der Waals surface area contributed by atoms with Crippen LogP contribution in [-0.2, 0) is 4.79 Å². The van der Waals surface area contributed by atoms with Gasteiger partial charge in [-0.1, -0.05) is 0 Å². The molecule has 4 heteroatoms. The number of ether oxygens (including phenoxy) is 2. The number of carbonyl (C=O) groups is 1. The molecule has 0 fully saturated rings. The van der Waals surface area contributed by atoms with Crippen molar-refractivity contribution < 1.29 is 19.4 Å². The first-order valence-electron chi connectivity index (χ1n) is 4.98. The number of benzene rings is 1. The molecular formula is C12H16O4. The van der Waals surface area contributed by atoms with E-state index in [0.717, 1.165) is 0 Å². The molecule has 0 aromatic heterocycles. The number of aliphatic hydroxyl groups excluding tert-OH is 1. The van der Waals surface area contributed by atoms with Crippen LogP contribution in [0.2, 0.25) is 0 Å². The van der Waals surface area contributed by atoms with E-state index in [4.69, 9.17) is 9.47 Å². The Morgan fingerprint density at radius 3 is 2.56 bits per heavy atom. The van der Waals surface area contributed by atoms with Gasteiger partial charge in [-0.15, -0.1) is 0 Å². The number of Topliss-reactive ketones (excluding diaryl/α,β-unsaturated/α-hetero) is 1. The largest absolute Gasteiger partial charge is 0.497 e. The molecule has 0 aliphatic rings. The van der Waals surface area contributed by atoms with E-state index in [1.165, 1.54) is 14.0 Å². The van der Waals surface area contributed by atoms with E-state index in [-0.39, 0.29) is 12.2 Å². The maximum atomic E-state index is 10.9. The highest BCUT2D eigenvalue weighted by atomic mass is 16.5. The number of aliphatic hydroxyl groups is 1. The van der Waals surface area contributed by atoms with Gasteiger partial charge < -0.3 is 14.6 Å². The van der Waals surface area contributed by atoms with Gasteiger partial charge in [-0.2, -0.15) is 0 Å². The van der Waals surface area contributed by atoms with E-state index in [2.05, 4.69) is 0 Å². The van der Waals surface area contributed by atoms with Crippen molar-refractivity contribution in [3.63, 3.8) is 0 Å². The highest BCUT2D eigenvalue weighted by molar-refractivity contribution is 5.76. The highest BCUT2D eigenvalue weighted by Crippen LogP contribution is 2.30. The highest BCUT2D eigenvalue weighted by Gasteiger charge is 2.15. The monoisotopic (exact) mass is 224 g/mol. The summed E-state index contributed by atoms with van der Waals surface area (Å²) >= 11 is 0. The molecular weight excluding hydrogens is 208 g/mol. The lowest BCUT2D eigenvalue weighted by Crippen LogP contribution is -2.05. The number of ketones is 1. The van der Waals surface area contributed by atoms with E-state index in [1.54, 1.807) is 25.3 Å². The maximum Gasteiger partial charge on any atom is 0.132 e. The Morgan fingerprint density at radius 2 is 2.06 bits per heavy atom. The van der Waals surface area contributed by atoms with Crippen LogP contribution in [0, 0.1) is 0 Å². The van der Waals surface area contributed by atoms with Gasteiger partial charge in [-0.25, -0.2) is 0 Å². The van der Waals surface area contributed by atoms with Gasteiger partial charge in [0.25, 0.3) is 0 Å². The Labute approximate surface area is 94.8 Å². The summed E-state index contributed by atoms with van der Waals surface area (Å²) in [6, 6.07) is 5.10. The first-order chi connectivity index (χ1) is 7.58. The van der Waals surface area contributed by atoms with Crippen molar-refractivity contribution in [1.82, 2.24) is 0 Å². The fourth-order valence-electron chi connectivity index (χ4n) is 1.48. The molecule has 0 saturated heterocycles. The summed E-state index contributed by atoms with van der Waals surface area (Å²) in [5.74, 6) is 1.11. The maximum absolute atomic E-state index is 10.9. The van der Waals surface area contributed by atoms with E-state index in [9.17, 15) is 9.90 Å². The van der Waals surface area contributed by atoms with Crippen LogP contribution >= 0.6 is 0 Å². The van der Waals surface area contributed by atoms with Crippen LogP contribution in [0.5, 0.6) is 11.5 Å². The first-order valence-corrected chi connectivity index (χ1v) is 4.98. The fraction of sp³-hybridized carbons (Fsp3) is 0.417. The molecule has 0 aliphatic carbocycles. The minimum absolute atomic E-state index is 0.0645. The molecule has 1 atom stereocenters. The van der Waals surface area contributed by atoms with Gasteiger partial charge in [0.1, 0.15) is 17.3 Å². The molecule has 0 radical (unpaired) electrons. The number of hydrogen-bond donors (Lipinski definition) is 1. The van der Waals surface area contributed by atoms with Crippen LogP contribution in [0.1, 0.15) is 25.0 Å². The van der Waals surface area contributed by atoms with Gasteiger partial charge >= 0.3 is 0 Å². The molecule has 1 unspecified atom stereocenters. The third-order valence-corrected chi connectivity index (χ3v) is 2.28. The topological polar surface area (TPSA) is 55.8 Å². The second-order valence-corrected chi connectivity index (χ2v) is 3.53. The molecule has 1 rings (SSSR count). The van der Waals surface area contributed by atoms with Gasteiger partial charge in [0.05, 0.1) is 20.3 Å². The minimum Gasteiger partial charge on any atom is -0.497 e. The molecule has 1 aromatic carbocycles. The molecule has 1 aromatic rings. The standard InChI is InChI=1S/C12H16O4/c1-8(13)6-11(14)10-5-4-9(15-2)7-12(10)16-3/h4-5,7,11,14H,6H2,1-3H3. The summed E-state index contributed by atoms with van der Waals surface area (Å²) < 4.78 is 10.2. The molecule has 0 amide bonds. The molecule has 0 bridgehead atoms. The molecule has 0 aliphatic heterocycles. The Kier molecular flexibility index (Phi) is 4.31. The van der Waals surface area contributed by atoms with Crippen LogP contribution < -0.4 is 9.47 Å². The van der Waals surface area contributed by atoms with E-state index < -0.39 is 6.10 Å². The Bertz CT molecular complexity index is 373. The zero-order valence-corrected chi connectivity index (χ0v) is 9.69. The van der Waals surface area contributed by atoms with Gasteiger partial charge in [0.2, 0.25) is 0 Å². The summed E-state index contributed by atoms with van der Waals surface area (Å²) in [5, 5.41) is 9.82. The molecule has 1 N–H and O–H groups in total. The molecule has 0 saturated carbocycles. The summed E-state index contributed by atoms with van der Waals surface area (Å²) in [6.45, 7) is 1.44. The number of methoxy groups -OCH3 is 2. The van der Waals surface area contributed by atoms with E-state index in [1.807, 2.05) is 0 Å². The predicted octanol–water partition coefficient (Wildman–Crippen LogP) is 1.72. The summed E-state index contributed by atoms with van der Waals surface area (Å²) in [6.07, 6.45) is -0.749. The van der Waals surface area contributed by atoms with Gasteiger partial charge in [0, 0.05) is 18.1 Å². The lowest BCUT2D eigenvalue weighted by molar-refractivity contribution is -0.118. The second-order valence-electron chi connectivity index (χ2n) is 3.53. The lowest BCUT2D eigenvalue weighted by atomic mass is 10.0. The normalized spacial score (nSPS) is 12.0. The van der Waals surface area contributed by atoms with Gasteiger partial charge in [-0.3, -0.25) is 4.79 Å². The molecule has 88 valence electrons. The van der Waals surface area contributed by atoms with Crippen molar-refractivity contribution in [2.45, 2.75) is 19.4 Å². The summed E-state index contributed by atoms with van der Waals surface area (Å²) in [7, 11) is 3.07. The lowest BCUT2D eigenvalue weighted by Gasteiger charge is -2.14. The zero-order chi connectivity index (χ0) is 12.1. The summed E-state index contributed by atoms with van der Waals surface area (Å²) in [5.41, 5.74) is 0.596. The SMILES string of the molecule is COc1ccc(C(O)CC(C)=O)c(OC)c1. The Hall–Kier alpha value is -1.55. The van der Waals surface area contributed by atoms with E-state index in [0.29, 0.717) is 17.1 Å². The van der Waals surface area contributed by atoms with Crippen molar-refractivity contribution in [3.05, 3.63) is 23.8 Å². The smallest absolute Gasteiger partial charge is 0.132 e. The number of hydrogen-bond acceptors (Lipinski definition) is 4. The van der Waals surface area contributed by atoms with Crippen molar-refractivity contribution in [1.29, 1.82) is 0 Å². The van der Waals surface area contributed by atoms with Crippen molar-refractivity contribution in [3.8, 4) is 11.5 Å². The Balaban J connectivity index is 2.98. The van der Waals surface area contributed by atoms with Crippen molar-refractivity contribution in [2.24, 2.45) is 0 Å². The quantitative estimate of drug-likeness (QED) is 0.827. The third kappa shape index (κ3) is 2.97. The van der Waals surface area contributed by atoms with Crippen LogP contribution in [0.3, 0.4) is 0 Å². The molecule has 0 heterocycles.